The van der Waals surface area contributed by atoms with E-state index in [1.807, 2.05) is 36.6 Å². The van der Waals surface area contributed by atoms with E-state index in [9.17, 15) is 4.79 Å². The van der Waals surface area contributed by atoms with Gasteiger partial charge in [0.25, 0.3) is 5.56 Å². The molecule has 6 heteroatoms. The molecular formula is C20H26N4O2. The number of nitrogens with zero attached hydrogens (tertiary/aromatic N) is 4. The second kappa shape index (κ2) is 7.21. The standard InChI is InChI=1S/C20H26N4O2/c1-3-18-15(2)21-20-23(16-8-5-4-6-9-16)13-22(14-24(20)19(18)25)12-17-10-7-11-26-17/h4-6,8-9,17H,3,7,10-14H2,1-2H3. The first kappa shape index (κ1) is 17.2. The van der Waals surface area contributed by atoms with Crippen molar-refractivity contribution in [3.05, 3.63) is 51.9 Å². The van der Waals surface area contributed by atoms with Crippen LogP contribution in [0, 0.1) is 6.92 Å². The number of aromatic nitrogens is 2. The fourth-order valence-electron chi connectivity index (χ4n) is 3.93. The van der Waals surface area contributed by atoms with E-state index in [0.29, 0.717) is 19.8 Å². The summed E-state index contributed by atoms with van der Waals surface area (Å²) in [5, 5.41) is 0. The van der Waals surface area contributed by atoms with Crippen LogP contribution in [0.5, 0.6) is 0 Å². The number of benzene rings is 1. The van der Waals surface area contributed by atoms with Crippen LogP contribution in [0.2, 0.25) is 0 Å². The Balaban J connectivity index is 1.75. The highest BCUT2D eigenvalue weighted by atomic mass is 16.5. The van der Waals surface area contributed by atoms with Crippen LogP contribution in [-0.4, -0.2) is 40.4 Å². The van der Waals surface area contributed by atoms with Crippen molar-refractivity contribution in [1.29, 1.82) is 0 Å². The van der Waals surface area contributed by atoms with Gasteiger partial charge in [0.1, 0.15) is 0 Å². The predicted molar refractivity (Wildman–Crippen MR) is 102 cm³/mol. The van der Waals surface area contributed by atoms with E-state index in [1.165, 1.54) is 0 Å². The van der Waals surface area contributed by atoms with Gasteiger partial charge in [0.15, 0.2) is 0 Å². The molecular weight excluding hydrogens is 328 g/mol. The summed E-state index contributed by atoms with van der Waals surface area (Å²) in [5.74, 6) is 0.736. The quantitative estimate of drug-likeness (QED) is 0.845. The summed E-state index contributed by atoms with van der Waals surface area (Å²) in [5.41, 5.74) is 2.76. The second-order valence-corrected chi connectivity index (χ2v) is 7.10. The van der Waals surface area contributed by atoms with Crippen molar-refractivity contribution >= 4 is 11.6 Å². The van der Waals surface area contributed by atoms with Crippen molar-refractivity contribution in [3.63, 3.8) is 0 Å². The first-order valence-corrected chi connectivity index (χ1v) is 9.44. The topological polar surface area (TPSA) is 50.6 Å². The Morgan fingerprint density at radius 2 is 2.04 bits per heavy atom. The van der Waals surface area contributed by atoms with Crippen molar-refractivity contribution < 1.29 is 4.74 Å². The molecule has 1 fully saturated rings. The molecule has 0 amide bonds. The summed E-state index contributed by atoms with van der Waals surface area (Å²) in [6.45, 7) is 6.91. The van der Waals surface area contributed by atoms with Gasteiger partial charge in [-0.15, -0.1) is 0 Å². The zero-order valence-electron chi connectivity index (χ0n) is 15.5. The summed E-state index contributed by atoms with van der Waals surface area (Å²) in [6, 6.07) is 10.2. The number of hydrogen-bond donors (Lipinski definition) is 0. The number of anilines is 2. The summed E-state index contributed by atoms with van der Waals surface area (Å²) in [7, 11) is 0. The second-order valence-electron chi connectivity index (χ2n) is 7.10. The zero-order valence-corrected chi connectivity index (χ0v) is 15.5. The third-order valence-corrected chi connectivity index (χ3v) is 5.28. The first-order valence-electron chi connectivity index (χ1n) is 9.44. The molecule has 1 unspecified atom stereocenters. The molecule has 1 aromatic carbocycles. The van der Waals surface area contributed by atoms with Crippen LogP contribution in [0.4, 0.5) is 11.6 Å². The predicted octanol–water partition coefficient (Wildman–Crippen LogP) is 2.66. The summed E-state index contributed by atoms with van der Waals surface area (Å²) in [4.78, 5) is 22.3. The number of hydrogen-bond acceptors (Lipinski definition) is 5. The third kappa shape index (κ3) is 3.15. The number of para-hydroxylation sites is 1. The smallest absolute Gasteiger partial charge is 0.259 e. The Labute approximate surface area is 154 Å². The van der Waals surface area contributed by atoms with Crippen LogP contribution in [0.1, 0.15) is 31.0 Å². The average Bonchev–Trinajstić information content (AvgIpc) is 3.16. The van der Waals surface area contributed by atoms with E-state index in [4.69, 9.17) is 9.72 Å². The third-order valence-electron chi connectivity index (χ3n) is 5.28. The molecule has 2 aliphatic rings. The van der Waals surface area contributed by atoms with Gasteiger partial charge < -0.3 is 4.74 Å². The lowest BCUT2D eigenvalue weighted by molar-refractivity contribution is 0.0584. The SMILES string of the molecule is CCc1c(C)nc2n(c1=O)CN(CC1CCCO1)CN2c1ccccc1. The van der Waals surface area contributed by atoms with Crippen LogP contribution in [-0.2, 0) is 17.8 Å². The molecule has 0 N–H and O–H groups in total. The van der Waals surface area contributed by atoms with Gasteiger partial charge in [-0.3, -0.25) is 19.2 Å². The van der Waals surface area contributed by atoms with Crippen LogP contribution >= 0.6 is 0 Å². The molecule has 0 radical (unpaired) electrons. The van der Waals surface area contributed by atoms with E-state index in [2.05, 4.69) is 21.9 Å². The van der Waals surface area contributed by atoms with Gasteiger partial charge in [0, 0.05) is 30.1 Å². The molecule has 26 heavy (non-hydrogen) atoms. The molecule has 2 aliphatic heterocycles. The summed E-state index contributed by atoms with van der Waals surface area (Å²) >= 11 is 0. The molecule has 2 aromatic rings. The van der Waals surface area contributed by atoms with E-state index in [0.717, 1.165) is 48.9 Å². The Morgan fingerprint density at radius 1 is 1.23 bits per heavy atom. The number of ether oxygens (including phenoxy) is 1. The average molecular weight is 354 g/mol. The van der Waals surface area contributed by atoms with Gasteiger partial charge >= 0.3 is 0 Å². The lowest BCUT2D eigenvalue weighted by Crippen LogP contribution is -2.49. The van der Waals surface area contributed by atoms with E-state index in [-0.39, 0.29) is 11.7 Å². The minimum Gasteiger partial charge on any atom is -0.377 e. The number of fused-ring (bicyclic) bond motifs is 1. The van der Waals surface area contributed by atoms with Crippen molar-refractivity contribution in [2.24, 2.45) is 0 Å². The van der Waals surface area contributed by atoms with E-state index < -0.39 is 0 Å². The van der Waals surface area contributed by atoms with Gasteiger partial charge in [-0.25, -0.2) is 4.98 Å². The Kier molecular flexibility index (Phi) is 4.78. The van der Waals surface area contributed by atoms with Crippen LogP contribution in [0.25, 0.3) is 0 Å². The Morgan fingerprint density at radius 3 is 2.73 bits per heavy atom. The summed E-state index contributed by atoms with van der Waals surface area (Å²) < 4.78 is 7.63. The molecule has 6 nitrogen and oxygen atoms in total. The van der Waals surface area contributed by atoms with Crippen LogP contribution in [0.15, 0.2) is 35.1 Å². The minimum atomic E-state index is 0.0768. The lowest BCUT2D eigenvalue weighted by Gasteiger charge is -2.39. The van der Waals surface area contributed by atoms with Crippen LogP contribution in [0.3, 0.4) is 0 Å². The molecule has 1 aromatic heterocycles. The molecule has 4 rings (SSSR count). The molecule has 1 atom stereocenters. The van der Waals surface area contributed by atoms with Crippen molar-refractivity contribution in [2.75, 3.05) is 24.7 Å². The highest BCUT2D eigenvalue weighted by Gasteiger charge is 2.29. The van der Waals surface area contributed by atoms with Crippen molar-refractivity contribution in [3.8, 4) is 0 Å². The molecule has 138 valence electrons. The highest BCUT2D eigenvalue weighted by Crippen LogP contribution is 2.28. The fourth-order valence-corrected chi connectivity index (χ4v) is 3.93. The Hall–Kier alpha value is -2.18. The van der Waals surface area contributed by atoms with Gasteiger partial charge in [-0.05, 0) is 38.3 Å². The van der Waals surface area contributed by atoms with Crippen LogP contribution < -0.4 is 10.5 Å². The maximum Gasteiger partial charge on any atom is 0.259 e. The molecule has 0 bridgehead atoms. The number of aryl methyl sites for hydroxylation is 1. The van der Waals surface area contributed by atoms with Crippen molar-refractivity contribution in [2.45, 2.75) is 45.9 Å². The molecule has 1 saturated heterocycles. The van der Waals surface area contributed by atoms with Gasteiger partial charge in [-0.1, -0.05) is 25.1 Å². The largest absolute Gasteiger partial charge is 0.377 e. The molecule has 3 heterocycles. The first-order chi connectivity index (χ1) is 12.7. The van der Waals surface area contributed by atoms with Gasteiger partial charge in [-0.2, -0.15) is 0 Å². The molecule has 0 spiro atoms. The maximum absolute atomic E-state index is 13.1. The Bertz CT molecular complexity index is 828. The maximum atomic E-state index is 13.1. The molecule has 0 saturated carbocycles. The zero-order chi connectivity index (χ0) is 18.1. The van der Waals surface area contributed by atoms with E-state index >= 15 is 0 Å². The van der Waals surface area contributed by atoms with Gasteiger partial charge in [0.05, 0.1) is 19.4 Å². The van der Waals surface area contributed by atoms with E-state index in [1.54, 1.807) is 0 Å². The normalized spacial score (nSPS) is 20.4. The van der Waals surface area contributed by atoms with Gasteiger partial charge in [0.2, 0.25) is 5.95 Å². The lowest BCUT2D eigenvalue weighted by atomic mass is 10.2. The monoisotopic (exact) mass is 354 g/mol. The highest BCUT2D eigenvalue weighted by molar-refractivity contribution is 5.58. The molecule has 0 aliphatic carbocycles. The van der Waals surface area contributed by atoms with Crippen molar-refractivity contribution in [1.82, 2.24) is 14.5 Å². The number of rotatable bonds is 4. The minimum absolute atomic E-state index is 0.0768. The summed E-state index contributed by atoms with van der Waals surface area (Å²) in [6.07, 6.45) is 3.18. The fraction of sp³-hybridized carbons (Fsp3) is 0.500.